The van der Waals surface area contributed by atoms with E-state index in [9.17, 15) is 0 Å². The third-order valence-corrected chi connectivity index (χ3v) is 4.58. The predicted molar refractivity (Wildman–Crippen MR) is 116 cm³/mol. The van der Waals surface area contributed by atoms with E-state index in [-0.39, 0.29) is 24.0 Å². The molecule has 6 nitrogen and oxygen atoms in total. The molecule has 2 rings (SSSR count). The Morgan fingerprint density at radius 1 is 1.28 bits per heavy atom. The summed E-state index contributed by atoms with van der Waals surface area (Å²) in [5, 5.41) is 7.70. The average molecular weight is 476 g/mol. The highest BCUT2D eigenvalue weighted by atomic mass is 127. The molecule has 0 saturated carbocycles. The lowest BCUT2D eigenvalue weighted by molar-refractivity contribution is 0.507. The molecule has 2 heterocycles. The van der Waals surface area contributed by atoms with Gasteiger partial charge < -0.3 is 15.2 Å². The van der Waals surface area contributed by atoms with Crippen LogP contribution in [-0.4, -0.2) is 27.0 Å². The molecule has 0 atom stereocenters. The molecule has 0 amide bonds. The van der Waals surface area contributed by atoms with Gasteiger partial charge in [0.15, 0.2) is 5.96 Å². The van der Waals surface area contributed by atoms with E-state index in [1.807, 2.05) is 18.6 Å². The highest BCUT2D eigenvalue weighted by Crippen LogP contribution is 2.12. The Morgan fingerprint density at radius 2 is 2.08 bits per heavy atom. The second-order valence-corrected chi connectivity index (χ2v) is 7.21. The molecule has 0 aliphatic heterocycles. The topological polar surface area (TPSA) is 67.1 Å². The molecule has 0 radical (unpaired) electrons. The summed E-state index contributed by atoms with van der Waals surface area (Å²) in [4.78, 5) is 14.8. The molecule has 0 unspecified atom stereocenters. The maximum atomic E-state index is 4.65. The van der Waals surface area contributed by atoms with Crippen molar-refractivity contribution in [1.29, 1.82) is 0 Å². The van der Waals surface area contributed by atoms with Gasteiger partial charge in [0, 0.05) is 36.6 Å². The van der Waals surface area contributed by atoms with Crippen molar-refractivity contribution in [2.75, 3.05) is 6.54 Å². The standard InChI is InChI=1S/C17H28N6S.HI/c1-5-14-9-20-16(24-14)11-22-17(18-6-2)21-10-15-19-7-8-23(15)12-13(3)4;/h7-9,13H,5-6,10-12H2,1-4H3,(H2,18,21,22);1H. The Bertz CT molecular complexity index is 649. The lowest BCUT2D eigenvalue weighted by atomic mass is 10.2. The molecule has 0 saturated heterocycles. The fourth-order valence-corrected chi connectivity index (χ4v) is 3.10. The van der Waals surface area contributed by atoms with Crippen molar-refractivity contribution in [3.63, 3.8) is 0 Å². The number of guanidine groups is 1. The number of halogens is 1. The Labute approximate surface area is 171 Å². The van der Waals surface area contributed by atoms with E-state index >= 15 is 0 Å². The Morgan fingerprint density at radius 3 is 2.72 bits per heavy atom. The van der Waals surface area contributed by atoms with Gasteiger partial charge in [-0.05, 0) is 19.3 Å². The lowest BCUT2D eigenvalue weighted by Crippen LogP contribution is -2.36. The van der Waals surface area contributed by atoms with Crippen LogP contribution in [0.5, 0.6) is 0 Å². The van der Waals surface area contributed by atoms with Crippen molar-refractivity contribution in [1.82, 2.24) is 25.2 Å². The third kappa shape index (κ3) is 7.31. The number of imidazole rings is 1. The van der Waals surface area contributed by atoms with Gasteiger partial charge in [0.2, 0.25) is 0 Å². The quantitative estimate of drug-likeness (QED) is 0.348. The molecule has 2 N–H and O–H groups in total. The molecule has 0 aromatic carbocycles. The normalized spacial score (nSPS) is 11.5. The van der Waals surface area contributed by atoms with Gasteiger partial charge in [-0.3, -0.25) is 0 Å². The minimum atomic E-state index is 0. The van der Waals surface area contributed by atoms with Crippen molar-refractivity contribution in [2.24, 2.45) is 10.9 Å². The largest absolute Gasteiger partial charge is 0.357 e. The van der Waals surface area contributed by atoms with Gasteiger partial charge in [0.25, 0.3) is 0 Å². The van der Waals surface area contributed by atoms with Crippen LogP contribution in [0.3, 0.4) is 0 Å². The van der Waals surface area contributed by atoms with Gasteiger partial charge >= 0.3 is 0 Å². The van der Waals surface area contributed by atoms with Crippen LogP contribution in [0.15, 0.2) is 23.6 Å². The first-order valence-electron chi connectivity index (χ1n) is 8.58. The molecular formula is C17H29IN6S. The number of rotatable bonds is 8. The monoisotopic (exact) mass is 476 g/mol. The molecule has 25 heavy (non-hydrogen) atoms. The summed E-state index contributed by atoms with van der Waals surface area (Å²) in [6, 6.07) is 0. The van der Waals surface area contributed by atoms with E-state index in [2.05, 4.69) is 57.9 Å². The van der Waals surface area contributed by atoms with Crippen LogP contribution in [0.25, 0.3) is 0 Å². The van der Waals surface area contributed by atoms with Crippen LogP contribution in [-0.2, 0) is 26.1 Å². The molecule has 140 valence electrons. The molecule has 0 aliphatic carbocycles. The first kappa shape index (κ1) is 21.9. The van der Waals surface area contributed by atoms with Gasteiger partial charge in [-0.25, -0.2) is 15.0 Å². The minimum Gasteiger partial charge on any atom is -0.357 e. The number of aryl methyl sites for hydroxylation is 1. The fourth-order valence-electron chi connectivity index (χ4n) is 2.30. The maximum absolute atomic E-state index is 4.65. The maximum Gasteiger partial charge on any atom is 0.192 e. The molecule has 0 bridgehead atoms. The molecule has 2 aromatic rings. The zero-order valence-electron chi connectivity index (χ0n) is 15.5. The summed E-state index contributed by atoms with van der Waals surface area (Å²) in [6.45, 7) is 11.7. The second-order valence-electron chi connectivity index (χ2n) is 6.01. The zero-order valence-corrected chi connectivity index (χ0v) is 18.6. The number of aliphatic imine (C=N–C) groups is 1. The average Bonchev–Trinajstić information content (AvgIpc) is 3.18. The van der Waals surface area contributed by atoms with Crippen molar-refractivity contribution < 1.29 is 0 Å². The molecule has 0 spiro atoms. The molecular weight excluding hydrogens is 447 g/mol. The van der Waals surface area contributed by atoms with Gasteiger partial charge in [0.1, 0.15) is 17.4 Å². The summed E-state index contributed by atoms with van der Waals surface area (Å²) in [6.07, 6.45) is 6.85. The summed E-state index contributed by atoms with van der Waals surface area (Å²) < 4.78 is 2.17. The lowest BCUT2D eigenvalue weighted by Gasteiger charge is -2.11. The summed E-state index contributed by atoms with van der Waals surface area (Å²) in [7, 11) is 0. The van der Waals surface area contributed by atoms with Crippen LogP contribution >= 0.6 is 35.3 Å². The van der Waals surface area contributed by atoms with Crippen LogP contribution in [0.2, 0.25) is 0 Å². The smallest absolute Gasteiger partial charge is 0.192 e. The summed E-state index contributed by atoms with van der Waals surface area (Å²) in [5.74, 6) is 2.37. The van der Waals surface area contributed by atoms with E-state index in [1.54, 1.807) is 11.3 Å². The van der Waals surface area contributed by atoms with E-state index < -0.39 is 0 Å². The van der Waals surface area contributed by atoms with Crippen LogP contribution in [0, 0.1) is 5.92 Å². The highest BCUT2D eigenvalue weighted by Gasteiger charge is 2.06. The molecule has 0 aliphatic rings. The predicted octanol–water partition coefficient (Wildman–Crippen LogP) is 3.43. The number of nitrogens with zero attached hydrogens (tertiary/aromatic N) is 4. The van der Waals surface area contributed by atoms with Gasteiger partial charge in [0.05, 0.1) is 6.54 Å². The van der Waals surface area contributed by atoms with Crippen LogP contribution in [0.4, 0.5) is 0 Å². The highest BCUT2D eigenvalue weighted by molar-refractivity contribution is 14.0. The number of nitrogens with one attached hydrogen (secondary N) is 2. The third-order valence-electron chi connectivity index (χ3n) is 3.44. The molecule has 0 fully saturated rings. The summed E-state index contributed by atoms with van der Waals surface area (Å²) >= 11 is 1.75. The van der Waals surface area contributed by atoms with E-state index in [4.69, 9.17) is 0 Å². The minimum absolute atomic E-state index is 0. The van der Waals surface area contributed by atoms with Crippen molar-refractivity contribution in [2.45, 2.75) is 53.8 Å². The van der Waals surface area contributed by atoms with Gasteiger partial charge in [-0.15, -0.1) is 35.3 Å². The Hall–Kier alpha value is -1.16. The van der Waals surface area contributed by atoms with Crippen molar-refractivity contribution >= 4 is 41.3 Å². The van der Waals surface area contributed by atoms with E-state index in [1.165, 1.54) is 4.88 Å². The second kappa shape index (κ2) is 11.5. The number of thiazole rings is 1. The van der Waals surface area contributed by atoms with E-state index in [0.29, 0.717) is 19.0 Å². The number of aromatic nitrogens is 3. The Kier molecular flexibility index (Phi) is 10.0. The molecule has 2 aromatic heterocycles. The first-order chi connectivity index (χ1) is 11.6. The van der Waals surface area contributed by atoms with Crippen molar-refractivity contribution in [3.8, 4) is 0 Å². The van der Waals surface area contributed by atoms with Gasteiger partial charge in [-0.2, -0.15) is 0 Å². The van der Waals surface area contributed by atoms with Crippen molar-refractivity contribution in [3.05, 3.63) is 34.3 Å². The Balaban J connectivity index is 0.00000312. The van der Waals surface area contributed by atoms with Crippen LogP contribution in [0.1, 0.15) is 43.4 Å². The van der Waals surface area contributed by atoms with E-state index in [0.717, 1.165) is 36.3 Å². The fraction of sp³-hybridized carbons (Fsp3) is 0.588. The summed E-state index contributed by atoms with van der Waals surface area (Å²) in [5.41, 5.74) is 0. The number of hydrogen-bond acceptors (Lipinski definition) is 4. The SMILES string of the molecule is CCNC(=NCc1nccn1CC(C)C)NCc1ncc(CC)s1.I. The zero-order chi connectivity index (χ0) is 17.4. The van der Waals surface area contributed by atoms with Gasteiger partial charge in [-0.1, -0.05) is 20.8 Å². The number of hydrogen-bond donors (Lipinski definition) is 2. The van der Waals surface area contributed by atoms with Crippen LogP contribution < -0.4 is 10.6 Å². The first-order valence-corrected chi connectivity index (χ1v) is 9.39. The molecule has 8 heteroatoms.